The standard InChI is InChI=1S/C14H18Cl2N6/c15-6-8-22(9-7-16)10-12-19-13(17)21-14(20-12)18-11-4-2-1-3-5-11/h1-5H,6-10H2,(H3,17,18,19,20,21). The summed E-state index contributed by atoms with van der Waals surface area (Å²) in [5, 5.41) is 3.11. The van der Waals surface area contributed by atoms with Crippen LogP contribution in [0.1, 0.15) is 5.82 Å². The van der Waals surface area contributed by atoms with Gasteiger partial charge in [0.05, 0.1) is 6.54 Å². The SMILES string of the molecule is Nc1nc(CN(CCCl)CCCl)nc(Nc2ccccc2)n1. The van der Waals surface area contributed by atoms with Crippen molar-refractivity contribution in [2.45, 2.75) is 6.54 Å². The molecule has 0 amide bonds. The van der Waals surface area contributed by atoms with Gasteiger partial charge in [0.25, 0.3) is 0 Å². The van der Waals surface area contributed by atoms with Crippen LogP contribution in [0.3, 0.4) is 0 Å². The third-order valence-electron chi connectivity index (χ3n) is 2.90. The van der Waals surface area contributed by atoms with Crippen molar-refractivity contribution in [2.75, 3.05) is 35.9 Å². The summed E-state index contributed by atoms with van der Waals surface area (Å²) in [5.74, 6) is 2.23. The number of anilines is 3. The van der Waals surface area contributed by atoms with Crippen LogP contribution in [-0.2, 0) is 6.54 Å². The molecule has 118 valence electrons. The maximum Gasteiger partial charge on any atom is 0.232 e. The lowest BCUT2D eigenvalue weighted by molar-refractivity contribution is 0.291. The maximum absolute atomic E-state index is 5.79. The summed E-state index contributed by atoms with van der Waals surface area (Å²) in [4.78, 5) is 14.7. The van der Waals surface area contributed by atoms with Crippen LogP contribution in [0.5, 0.6) is 0 Å². The van der Waals surface area contributed by atoms with Gasteiger partial charge in [-0.15, -0.1) is 23.2 Å². The molecule has 0 unspecified atom stereocenters. The number of nitrogens with two attached hydrogens (primary N) is 1. The summed E-state index contributed by atoms with van der Waals surface area (Å²) in [6, 6.07) is 9.64. The number of nitrogens with one attached hydrogen (secondary N) is 1. The Hall–Kier alpha value is -1.63. The predicted molar refractivity (Wildman–Crippen MR) is 90.7 cm³/mol. The van der Waals surface area contributed by atoms with Crippen molar-refractivity contribution in [3.63, 3.8) is 0 Å². The zero-order chi connectivity index (χ0) is 15.8. The smallest absolute Gasteiger partial charge is 0.232 e. The Balaban J connectivity index is 2.12. The number of nitrogen functional groups attached to an aromatic ring is 1. The number of hydrogen-bond acceptors (Lipinski definition) is 6. The lowest BCUT2D eigenvalue weighted by Gasteiger charge is -2.19. The third kappa shape index (κ3) is 5.29. The molecular weight excluding hydrogens is 323 g/mol. The van der Waals surface area contributed by atoms with Gasteiger partial charge in [-0.25, -0.2) is 0 Å². The number of rotatable bonds is 8. The highest BCUT2D eigenvalue weighted by Gasteiger charge is 2.10. The van der Waals surface area contributed by atoms with Gasteiger partial charge in [-0.3, -0.25) is 4.90 Å². The summed E-state index contributed by atoms with van der Waals surface area (Å²) in [7, 11) is 0. The van der Waals surface area contributed by atoms with Gasteiger partial charge in [0.2, 0.25) is 11.9 Å². The van der Waals surface area contributed by atoms with Crippen molar-refractivity contribution in [3.05, 3.63) is 36.2 Å². The molecule has 0 fully saturated rings. The summed E-state index contributed by atoms with van der Waals surface area (Å²) in [6.07, 6.45) is 0. The number of aromatic nitrogens is 3. The molecule has 0 spiro atoms. The van der Waals surface area contributed by atoms with Crippen LogP contribution in [0.4, 0.5) is 17.6 Å². The van der Waals surface area contributed by atoms with Crippen LogP contribution in [-0.4, -0.2) is 44.7 Å². The van der Waals surface area contributed by atoms with Crippen LogP contribution in [0.15, 0.2) is 30.3 Å². The minimum Gasteiger partial charge on any atom is -0.368 e. The van der Waals surface area contributed by atoms with Crippen LogP contribution in [0, 0.1) is 0 Å². The first kappa shape index (κ1) is 16.7. The van der Waals surface area contributed by atoms with Gasteiger partial charge in [0, 0.05) is 30.5 Å². The van der Waals surface area contributed by atoms with E-state index in [-0.39, 0.29) is 5.95 Å². The number of para-hydroxylation sites is 1. The molecule has 0 saturated carbocycles. The van der Waals surface area contributed by atoms with E-state index >= 15 is 0 Å². The summed E-state index contributed by atoms with van der Waals surface area (Å²) in [6.45, 7) is 1.94. The van der Waals surface area contributed by atoms with E-state index in [0.29, 0.717) is 43.2 Å². The van der Waals surface area contributed by atoms with Gasteiger partial charge in [-0.2, -0.15) is 15.0 Å². The molecule has 0 aliphatic carbocycles. The molecule has 8 heteroatoms. The first-order valence-electron chi connectivity index (χ1n) is 6.88. The van der Waals surface area contributed by atoms with Crippen molar-refractivity contribution in [2.24, 2.45) is 0 Å². The Morgan fingerprint density at radius 3 is 2.32 bits per heavy atom. The summed E-state index contributed by atoms with van der Waals surface area (Å²) < 4.78 is 0. The average molecular weight is 341 g/mol. The largest absolute Gasteiger partial charge is 0.368 e. The topological polar surface area (TPSA) is 80.0 Å². The highest BCUT2D eigenvalue weighted by molar-refractivity contribution is 6.18. The molecule has 0 radical (unpaired) electrons. The van der Waals surface area contributed by atoms with Crippen molar-refractivity contribution in [1.82, 2.24) is 19.9 Å². The minimum atomic E-state index is 0.181. The quantitative estimate of drug-likeness (QED) is 0.718. The molecule has 1 aromatic carbocycles. The molecular formula is C14H18Cl2N6. The van der Waals surface area contributed by atoms with Gasteiger partial charge < -0.3 is 11.1 Å². The number of hydrogen-bond donors (Lipinski definition) is 2. The molecule has 0 bridgehead atoms. The maximum atomic E-state index is 5.79. The van der Waals surface area contributed by atoms with E-state index < -0.39 is 0 Å². The Bertz CT molecular complexity index is 575. The molecule has 2 aromatic rings. The van der Waals surface area contributed by atoms with E-state index in [2.05, 4.69) is 25.2 Å². The average Bonchev–Trinajstić information content (AvgIpc) is 2.48. The molecule has 0 atom stereocenters. The monoisotopic (exact) mass is 340 g/mol. The van der Waals surface area contributed by atoms with Crippen molar-refractivity contribution in [1.29, 1.82) is 0 Å². The fourth-order valence-electron chi connectivity index (χ4n) is 1.92. The first-order valence-corrected chi connectivity index (χ1v) is 7.95. The Labute approximate surface area is 139 Å². The number of halogens is 2. The molecule has 6 nitrogen and oxygen atoms in total. The molecule has 3 N–H and O–H groups in total. The van der Waals surface area contributed by atoms with E-state index in [0.717, 1.165) is 5.69 Å². The van der Waals surface area contributed by atoms with Crippen LogP contribution in [0.25, 0.3) is 0 Å². The van der Waals surface area contributed by atoms with E-state index in [1.165, 1.54) is 0 Å². The van der Waals surface area contributed by atoms with Gasteiger partial charge >= 0.3 is 0 Å². The summed E-state index contributed by atoms with van der Waals surface area (Å²) >= 11 is 11.6. The minimum absolute atomic E-state index is 0.181. The second-order valence-electron chi connectivity index (χ2n) is 4.58. The van der Waals surface area contributed by atoms with E-state index in [9.17, 15) is 0 Å². The molecule has 1 aromatic heterocycles. The zero-order valence-electron chi connectivity index (χ0n) is 12.0. The highest BCUT2D eigenvalue weighted by atomic mass is 35.5. The van der Waals surface area contributed by atoms with Crippen LogP contribution >= 0.6 is 23.2 Å². The normalized spacial score (nSPS) is 10.9. The molecule has 1 heterocycles. The van der Waals surface area contributed by atoms with Crippen molar-refractivity contribution < 1.29 is 0 Å². The van der Waals surface area contributed by atoms with Gasteiger partial charge in [-0.1, -0.05) is 18.2 Å². The Kier molecular flexibility index (Phi) is 6.64. The third-order valence-corrected chi connectivity index (χ3v) is 3.23. The van der Waals surface area contributed by atoms with E-state index in [1.807, 2.05) is 30.3 Å². The number of nitrogens with zero attached hydrogens (tertiary/aromatic N) is 4. The number of alkyl halides is 2. The van der Waals surface area contributed by atoms with E-state index in [4.69, 9.17) is 28.9 Å². The predicted octanol–water partition coefficient (Wildman–Crippen LogP) is 2.48. The zero-order valence-corrected chi connectivity index (χ0v) is 13.6. The Morgan fingerprint density at radius 1 is 1.00 bits per heavy atom. The second kappa shape index (κ2) is 8.73. The molecule has 0 aliphatic rings. The van der Waals surface area contributed by atoms with Crippen LogP contribution in [0.2, 0.25) is 0 Å². The van der Waals surface area contributed by atoms with Crippen LogP contribution < -0.4 is 11.1 Å². The second-order valence-corrected chi connectivity index (χ2v) is 5.33. The van der Waals surface area contributed by atoms with E-state index in [1.54, 1.807) is 0 Å². The summed E-state index contributed by atoms with van der Waals surface area (Å²) in [5.41, 5.74) is 6.65. The molecule has 0 saturated heterocycles. The Morgan fingerprint density at radius 2 is 1.68 bits per heavy atom. The first-order chi connectivity index (χ1) is 10.7. The van der Waals surface area contributed by atoms with Gasteiger partial charge in [-0.05, 0) is 12.1 Å². The fourth-order valence-corrected chi connectivity index (χ4v) is 2.40. The molecule has 22 heavy (non-hydrogen) atoms. The van der Waals surface area contributed by atoms with Crippen molar-refractivity contribution >= 4 is 40.8 Å². The number of benzene rings is 1. The van der Waals surface area contributed by atoms with Crippen molar-refractivity contribution in [3.8, 4) is 0 Å². The lowest BCUT2D eigenvalue weighted by atomic mass is 10.3. The lowest BCUT2D eigenvalue weighted by Crippen LogP contribution is -2.28. The van der Waals surface area contributed by atoms with Gasteiger partial charge in [0.15, 0.2) is 0 Å². The highest BCUT2D eigenvalue weighted by Crippen LogP contribution is 2.13. The van der Waals surface area contributed by atoms with Gasteiger partial charge in [0.1, 0.15) is 5.82 Å². The molecule has 2 rings (SSSR count). The fraction of sp³-hybridized carbons (Fsp3) is 0.357. The molecule has 0 aliphatic heterocycles.